The van der Waals surface area contributed by atoms with Crippen LogP contribution in [0.3, 0.4) is 0 Å². The van der Waals surface area contributed by atoms with Crippen molar-refractivity contribution in [2.75, 3.05) is 0 Å². The third kappa shape index (κ3) is 5.40. The molecular formula is C21H23NO3. The van der Waals surface area contributed by atoms with Crippen molar-refractivity contribution in [3.63, 3.8) is 0 Å². The Morgan fingerprint density at radius 3 is 2.24 bits per heavy atom. The highest BCUT2D eigenvalue weighted by Gasteiger charge is 2.11. The first-order valence-corrected chi connectivity index (χ1v) is 8.27. The van der Waals surface area contributed by atoms with Gasteiger partial charge in [-0.25, -0.2) is 4.79 Å². The summed E-state index contributed by atoms with van der Waals surface area (Å²) in [5.74, 6) is -0.324. The molecule has 130 valence electrons. The summed E-state index contributed by atoms with van der Waals surface area (Å²) >= 11 is 0. The minimum atomic E-state index is -0.395. The molecule has 0 aliphatic rings. The first-order valence-electron chi connectivity index (χ1n) is 8.27. The lowest BCUT2D eigenvalue weighted by atomic mass is 10.0. The minimum absolute atomic E-state index is 0.00392. The number of hydrogen-bond donors (Lipinski definition) is 1. The lowest BCUT2D eigenvalue weighted by Gasteiger charge is -2.15. The molecule has 0 spiro atoms. The average Bonchev–Trinajstić information content (AvgIpc) is 2.66. The van der Waals surface area contributed by atoms with Gasteiger partial charge in [-0.2, -0.15) is 0 Å². The maximum Gasteiger partial charge on any atom is 0.334 e. The number of esters is 1. The molecule has 0 fully saturated rings. The Balaban J connectivity index is 1.90. The first-order chi connectivity index (χ1) is 12.0. The molecular weight excluding hydrogens is 314 g/mol. The summed E-state index contributed by atoms with van der Waals surface area (Å²) in [5, 5.41) is 3.13. The van der Waals surface area contributed by atoms with Gasteiger partial charge < -0.3 is 4.74 Å². The van der Waals surface area contributed by atoms with E-state index in [0.717, 1.165) is 5.56 Å². The third-order valence-corrected chi connectivity index (χ3v) is 3.88. The van der Waals surface area contributed by atoms with Crippen molar-refractivity contribution >= 4 is 11.8 Å². The van der Waals surface area contributed by atoms with Gasteiger partial charge in [0.15, 0.2) is 12.0 Å². The summed E-state index contributed by atoms with van der Waals surface area (Å²) in [4.78, 5) is 24.0. The second-order valence-corrected chi connectivity index (χ2v) is 5.79. The monoisotopic (exact) mass is 337 g/mol. The largest absolute Gasteiger partial charge is 0.444 e. The number of carbonyl (C=O) groups is 2. The molecule has 4 heteroatoms. The van der Waals surface area contributed by atoms with Gasteiger partial charge in [-0.05, 0) is 26.3 Å². The number of rotatable bonds is 7. The van der Waals surface area contributed by atoms with Gasteiger partial charge >= 0.3 is 5.97 Å². The fourth-order valence-corrected chi connectivity index (χ4v) is 2.20. The molecule has 0 radical (unpaired) electrons. The van der Waals surface area contributed by atoms with Gasteiger partial charge in [0, 0.05) is 23.2 Å². The van der Waals surface area contributed by atoms with Gasteiger partial charge in [-0.1, -0.05) is 60.7 Å². The molecule has 2 aromatic carbocycles. The van der Waals surface area contributed by atoms with E-state index in [9.17, 15) is 9.59 Å². The topological polar surface area (TPSA) is 55.4 Å². The number of ether oxygens (including phenoxy) is 1. The van der Waals surface area contributed by atoms with Crippen LogP contribution in [0.1, 0.15) is 42.3 Å². The molecule has 25 heavy (non-hydrogen) atoms. The number of nitrogens with one attached hydrogen (secondary N) is 1. The van der Waals surface area contributed by atoms with Gasteiger partial charge in [-0.15, -0.1) is 0 Å². The fourth-order valence-electron chi connectivity index (χ4n) is 2.20. The van der Waals surface area contributed by atoms with Crippen molar-refractivity contribution in [2.45, 2.75) is 33.5 Å². The molecule has 0 saturated heterocycles. The van der Waals surface area contributed by atoms with Gasteiger partial charge in [-0.3, -0.25) is 10.1 Å². The second kappa shape index (κ2) is 8.94. The highest BCUT2D eigenvalue weighted by atomic mass is 16.6. The molecule has 2 aromatic rings. The summed E-state index contributed by atoms with van der Waals surface area (Å²) in [5.41, 5.74) is 2.92. The minimum Gasteiger partial charge on any atom is -0.444 e. The Kier molecular flexibility index (Phi) is 6.66. The second-order valence-electron chi connectivity index (χ2n) is 5.79. The number of benzene rings is 2. The number of ketones is 1. The predicted octanol–water partition coefficient (Wildman–Crippen LogP) is 3.86. The van der Waals surface area contributed by atoms with E-state index in [4.69, 9.17) is 4.74 Å². The predicted molar refractivity (Wildman–Crippen MR) is 98.1 cm³/mol. The molecule has 1 N–H and O–H groups in total. The van der Waals surface area contributed by atoms with Gasteiger partial charge in [0.05, 0.1) is 0 Å². The first kappa shape index (κ1) is 18.6. The fraction of sp³-hybridized carbons (Fsp3) is 0.238. The zero-order chi connectivity index (χ0) is 18.2. The van der Waals surface area contributed by atoms with E-state index in [1.54, 1.807) is 39.0 Å². The van der Waals surface area contributed by atoms with E-state index >= 15 is 0 Å². The van der Waals surface area contributed by atoms with Crippen LogP contribution in [-0.4, -0.2) is 18.0 Å². The molecule has 0 aliphatic heterocycles. The highest BCUT2D eigenvalue weighted by molar-refractivity contribution is 6.08. The average molecular weight is 337 g/mol. The van der Waals surface area contributed by atoms with E-state index in [2.05, 4.69) is 5.32 Å². The van der Waals surface area contributed by atoms with Crippen LogP contribution in [0.4, 0.5) is 0 Å². The number of allylic oxidation sites excluding steroid dienone is 1. The Hall–Kier alpha value is -2.72. The van der Waals surface area contributed by atoms with Crippen LogP contribution in [0, 0.1) is 0 Å². The lowest BCUT2D eigenvalue weighted by molar-refractivity contribution is -0.144. The number of hydrogen-bond acceptors (Lipinski definition) is 4. The van der Waals surface area contributed by atoms with E-state index < -0.39 is 6.23 Å². The molecule has 0 aromatic heterocycles. The van der Waals surface area contributed by atoms with Crippen LogP contribution in [0.25, 0.3) is 0 Å². The summed E-state index contributed by atoms with van der Waals surface area (Å²) in [6, 6.07) is 16.6. The summed E-state index contributed by atoms with van der Waals surface area (Å²) in [6.45, 7) is 5.85. The van der Waals surface area contributed by atoms with Crippen molar-refractivity contribution in [3.8, 4) is 0 Å². The standard InChI is InChI=1S/C21H23NO3/c1-4-15(2)21(24)25-16(3)22-14-17-10-12-19(13-11-17)20(23)18-8-6-5-7-9-18/h4-13,16,22H,14H2,1-3H3. The van der Waals surface area contributed by atoms with Crippen LogP contribution < -0.4 is 5.32 Å². The van der Waals surface area contributed by atoms with Crippen molar-refractivity contribution < 1.29 is 14.3 Å². The molecule has 0 saturated carbocycles. The molecule has 1 atom stereocenters. The molecule has 1 unspecified atom stereocenters. The van der Waals surface area contributed by atoms with Crippen molar-refractivity contribution in [3.05, 3.63) is 82.9 Å². The van der Waals surface area contributed by atoms with Gasteiger partial charge in [0.2, 0.25) is 0 Å². The normalized spacial score (nSPS) is 12.5. The third-order valence-electron chi connectivity index (χ3n) is 3.88. The van der Waals surface area contributed by atoms with E-state index in [1.807, 2.05) is 42.5 Å². The molecule has 0 aliphatic carbocycles. The maximum atomic E-state index is 12.4. The van der Waals surface area contributed by atoms with E-state index in [1.165, 1.54) is 0 Å². The maximum absolute atomic E-state index is 12.4. The molecule has 0 heterocycles. The van der Waals surface area contributed by atoms with Crippen molar-refractivity contribution in [2.24, 2.45) is 0 Å². The lowest BCUT2D eigenvalue weighted by Crippen LogP contribution is -2.30. The Labute approximate surface area is 148 Å². The Bertz CT molecular complexity index is 748. The summed E-state index contributed by atoms with van der Waals surface area (Å²) in [7, 11) is 0. The van der Waals surface area contributed by atoms with Crippen LogP contribution in [0.2, 0.25) is 0 Å². The summed E-state index contributed by atoms with van der Waals surface area (Å²) in [6.07, 6.45) is 1.32. The Morgan fingerprint density at radius 2 is 1.64 bits per heavy atom. The molecule has 4 nitrogen and oxygen atoms in total. The Morgan fingerprint density at radius 1 is 1.04 bits per heavy atom. The van der Waals surface area contributed by atoms with Gasteiger partial charge in [0.25, 0.3) is 0 Å². The zero-order valence-corrected chi connectivity index (χ0v) is 14.8. The van der Waals surface area contributed by atoms with Crippen LogP contribution >= 0.6 is 0 Å². The highest BCUT2D eigenvalue weighted by Crippen LogP contribution is 2.11. The molecule has 0 bridgehead atoms. The molecule has 2 rings (SSSR count). The smallest absolute Gasteiger partial charge is 0.334 e. The SMILES string of the molecule is CC=C(C)C(=O)OC(C)NCc1ccc(C(=O)c2ccccc2)cc1. The zero-order valence-electron chi connectivity index (χ0n) is 14.8. The van der Waals surface area contributed by atoms with Crippen LogP contribution in [-0.2, 0) is 16.1 Å². The van der Waals surface area contributed by atoms with E-state index in [-0.39, 0.29) is 11.8 Å². The van der Waals surface area contributed by atoms with Gasteiger partial charge in [0.1, 0.15) is 0 Å². The summed E-state index contributed by atoms with van der Waals surface area (Å²) < 4.78 is 5.27. The van der Waals surface area contributed by atoms with Crippen molar-refractivity contribution in [1.82, 2.24) is 5.32 Å². The van der Waals surface area contributed by atoms with Crippen molar-refractivity contribution in [1.29, 1.82) is 0 Å². The van der Waals surface area contributed by atoms with Crippen LogP contribution in [0.15, 0.2) is 66.2 Å². The number of carbonyl (C=O) groups excluding carboxylic acids is 2. The molecule has 0 amide bonds. The quantitative estimate of drug-likeness (QED) is 0.361. The van der Waals surface area contributed by atoms with Crippen LogP contribution in [0.5, 0.6) is 0 Å². The van der Waals surface area contributed by atoms with E-state index in [0.29, 0.717) is 23.2 Å².